The molecule has 20 heavy (non-hydrogen) atoms. The highest BCUT2D eigenvalue weighted by molar-refractivity contribution is 5.95. The first kappa shape index (κ1) is 14.7. The molecule has 0 spiro atoms. The summed E-state index contributed by atoms with van der Waals surface area (Å²) >= 11 is 0. The predicted octanol–water partition coefficient (Wildman–Crippen LogP) is 0.818. The van der Waals surface area contributed by atoms with Crippen molar-refractivity contribution in [2.24, 2.45) is 0 Å². The number of anilines is 1. The molecule has 7 heteroatoms. The van der Waals surface area contributed by atoms with Crippen LogP contribution in [0.25, 0.3) is 0 Å². The van der Waals surface area contributed by atoms with Gasteiger partial charge in [-0.3, -0.25) is 4.79 Å². The number of rotatable bonds is 3. The molecule has 2 rings (SSSR count). The Kier molecular flexibility index (Phi) is 4.20. The number of aliphatic hydroxyl groups is 1. The molecule has 0 atom stereocenters. The van der Waals surface area contributed by atoms with Crippen molar-refractivity contribution < 1.29 is 23.4 Å². The number of nitrogen functional groups attached to an aromatic ring is 1. The van der Waals surface area contributed by atoms with E-state index in [9.17, 15) is 18.7 Å². The van der Waals surface area contributed by atoms with Gasteiger partial charge in [0.25, 0.3) is 5.91 Å². The molecule has 1 heterocycles. The molecule has 0 aliphatic carbocycles. The second-order valence-electron chi connectivity index (χ2n) is 4.84. The van der Waals surface area contributed by atoms with Gasteiger partial charge in [0.1, 0.15) is 11.4 Å². The van der Waals surface area contributed by atoms with Crippen LogP contribution in [-0.4, -0.2) is 36.4 Å². The second-order valence-corrected chi connectivity index (χ2v) is 4.84. The molecule has 0 saturated carbocycles. The third kappa shape index (κ3) is 3.05. The van der Waals surface area contributed by atoms with E-state index < -0.39 is 28.7 Å². The molecule has 0 radical (unpaired) electrons. The minimum atomic E-state index is -1.11. The van der Waals surface area contributed by atoms with Gasteiger partial charge in [0.2, 0.25) is 0 Å². The average Bonchev–Trinajstić information content (AvgIpc) is 2.42. The van der Waals surface area contributed by atoms with E-state index in [1.165, 1.54) is 0 Å². The zero-order chi connectivity index (χ0) is 14.8. The number of amides is 1. The van der Waals surface area contributed by atoms with Crippen LogP contribution in [-0.2, 0) is 4.74 Å². The van der Waals surface area contributed by atoms with E-state index >= 15 is 0 Å². The number of nitrogens with two attached hydrogens (primary N) is 1. The summed E-state index contributed by atoms with van der Waals surface area (Å²) in [4.78, 5) is 11.8. The molecule has 1 aliphatic rings. The Hall–Kier alpha value is -1.73. The molecule has 1 saturated heterocycles. The van der Waals surface area contributed by atoms with E-state index in [4.69, 9.17) is 10.5 Å². The lowest BCUT2D eigenvalue weighted by atomic mass is 9.94. The van der Waals surface area contributed by atoms with E-state index in [1.807, 2.05) is 0 Å². The van der Waals surface area contributed by atoms with Crippen molar-refractivity contribution in [3.8, 4) is 0 Å². The number of carbonyl (C=O) groups is 1. The minimum absolute atomic E-state index is 0.0944. The van der Waals surface area contributed by atoms with Gasteiger partial charge in [-0.2, -0.15) is 0 Å². The first-order valence-electron chi connectivity index (χ1n) is 6.25. The lowest BCUT2D eigenvalue weighted by molar-refractivity contribution is -0.0605. The van der Waals surface area contributed by atoms with E-state index in [0.717, 1.165) is 12.1 Å². The van der Waals surface area contributed by atoms with Crippen LogP contribution in [0.5, 0.6) is 0 Å². The zero-order valence-corrected chi connectivity index (χ0v) is 10.8. The summed E-state index contributed by atoms with van der Waals surface area (Å²) in [6, 6.07) is 1.98. The van der Waals surface area contributed by atoms with Gasteiger partial charge >= 0.3 is 0 Å². The van der Waals surface area contributed by atoms with Crippen LogP contribution in [0.1, 0.15) is 23.2 Å². The Balaban J connectivity index is 2.07. The summed E-state index contributed by atoms with van der Waals surface area (Å²) in [5.41, 5.74) is 3.15. The highest BCUT2D eigenvalue weighted by atomic mass is 19.1. The Morgan fingerprint density at radius 2 is 2.05 bits per heavy atom. The monoisotopic (exact) mass is 286 g/mol. The Labute approximate surface area is 114 Å². The lowest BCUT2D eigenvalue weighted by Gasteiger charge is -2.32. The molecule has 1 aromatic rings. The summed E-state index contributed by atoms with van der Waals surface area (Å²) in [6.45, 7) is 0.670. The molecule has 110 valence electrons. The molecule has 0 aromatic heterocycles. The molecule has 1 fully saturated rings. The van der Waals surface area contributed by atoms with Gasteiger partial charge in [0.15, 0.2) is 5.82 Å². The van der Waals surface area contributed by atoms with Crippen molar-refractivity contribution in [3.63, 3.8) is 0 Å². The largest absolute Gasteiger partial charge is 0.396 e. The molecular formula is C13H16F2N2O3. The fraction of sp³-hybridized carbons (Fsp3) is 0.462. The summed E-state index contributed by atoms with van der Waals surface area (Å²) in [5.74, 6) is -3.03. The molecule has 0 unspecified atom stereocenters. The predicted molar refractivity (Wildman–Crippen MR) is 68.1 cm³/mol. The lowest BCUT2D eigenvalue weighted by Crippen LogP contribution is -2.46. The molecule has 0 bridgehead atoms. The van der Waals surface area contributed by atoms with E-state index in [1.54, 1.807) is 0 Å². The van der Waals surface area contributed by atoms with Crippen molar-refractivity contribution in [1.29, 1.82) is 0 Å². The van der Waals surface area contributed by atoms with Crippen LogP contribution >= 0.6 is 0 Å². The first-order chi connectivity index (χ1) is 9.43. The van der Waals surface area contributed by atoms with Crippen LogP contribution in [0.3, 0.4) is 0 Å². The van der Waals surface area contributed by atoms with Gasteiger partial charge in [-0.1, -0.05) is 0 Å². The number of ether oxygens (including phenoxy) is 1. The second kappa shape index (κ2) is 5.72. The molecule has 1 amide bonds. The van der Waals surface area contributed by atoms with Gasteiger partial charge in [-0.25, -0.2) is 8.78 Å². The van der Waals surface area contributed by atoms with Crippen molar-refractivity contribution in [2.45, 2.75) is 18.4 Å². The third-order valence-electron chi connectivity index (χ3n) is 3.35. The topological polar surface area (TPSA) is 84.6 Å². The highest BCUT2D eigenvalue weighted by Gasteiger charge is 2.31. The first-order valence-corrected chi connectivity index (χ1v) is 6.25. The van der Waals surface area contributed by atoms with Gasteiger partial charge in [-0.15, -0.1) is 0 Å². The van der Waals surface area contributed by atoms with Crippen LogP contribution in [0, 0.1) is 11.6 Å². The number of hydrogen-bond acceptors (Lipinski definition) is 4. The van der Waals surface area contributed by atoms with Gasteiger partial charge in [-0.05, 0) is 12.1 Å². The Bertz CT molecular complexity index is 517. The fourth-order valence-electron chi connectivity index (χ4n) is 2.04. The van der Waals surface area contributed by atoms with E-state index in [-0.39, 0.29) is 12.2 Å². The van der Waals surface area contributed by atoms with Crippen molar-refractivity contribution >= 4 is 11.6 Å². The maximum atomic E-state index is 13.7. The summed E-state index contributed by atoms with van der Waals surface area (Å²) in [6.07, 6.45) is 0.713. The summed E-state index contributed by atoms with van der Waals surface area (Å²) < 4.78 is 32.3. The standard InChI is InChI=1S/C13H16F2N2O3/c14-8-1-2-9(16)11(15)10(8)12(18)17-7-13(19)3-5-20-6-4-13/h1-2,19H,3-7,16H2,(H,17,18). The van der Waals surface area contributed by atoms with Crippen molar-refractivity contribution in [1.82, 2.24) is 5.32 Å². The number of benzene rings is 1. The van der Waals surface area contributed by atoms with Crippen LogP contribution in [0.4, 0.5) is 14.5 Å². The average molecular weight is 286 g/mol. The van der Waals surface area contributed by atoms with Gasteiger partial charge in [0.05, 0.1) is 11.3 Å². The quantitative estimate of drug-likeness (QED) is 0.718. The SMILES string of the molecule is Nc1ccc(F)c(C(=O)NCC2(O)CCOCC2)c1F. The maximum absolute atomic E-state index is 13.7. The molecule has 1 aromatic carbocycles. The van der Waals surface area contributed by atoms with Crippen molar-refractivity contribution in [2.75, 3.05) is 25.5 Å². The summed E-state index contributed by atoms with van der Waals surface area (Å²) in [5, 5.41) is 12.5. The maximum Gasteiger partial charge on any atom is 0.257 e. The molecule has 4 N–H and O–H groups in total. The zero-order valence-electron chi connectivity index (χ0n) is 10.8. The molecule has 1 aliphatic heterocycles. The number of hydrogen-bond donors (Lipinski definition) is 3. The summed E-state index contributed by atoms with van der Waals surface area (Å²) in [7, 11) is 0. The number of nitrogens with one attached hydrogen (secondary N) is 1. The smallest absolute Gasteiger partial charge is 0.257 e. The molecule has 5 nitrogen and oxygen atoms in total. The third-order valence-corrected chi connectivity index (χ3v) is 3.35. The van der Waals surface area contributed by atoms with Crippen molar-refractivity contribution in [3.05, 3.63) is 29.3 Å². The fourth-order valence-corrected chi connectivity index (χ4v) is 2.04. The highest BCUT2D eigenvalue weighted by Crippen LogP contribution is 2.21. The van der Waals surface area contributed by atoms with Gasteiger partial charge in [0, 0.05) is 32.6 Å². The van der Waals surface area contributed by atoms with Crippen LogP contribution in [0.15, 0.2) is 12.1 Å². The van der Waals surface area contributed by atoms with E-state index in [0.29, 0.717) is 26.1 Å². The number of carbonyl (C=O) groups excluding carboxylic acids is 1. The number of halogens is 2. The van der Waals surface area contributed by atoms with Gasteiger partial charge < -0.3 is 20.9 Å². The van der Waals surface area contributed by atoms with Crippen LogP contribution < -0.4 is 11.1 Å². The Morgan fingerprint density at radius 3 is 2.70 bits per heavy atom. The molecular weight excluding hydrogens is 270 g/mol. The normalized spacial score (nSPS) is 17.8. The van der Waals surface area contributed by atoms with E-state index in [2.05, 4.69) is 5.32 Å². The minimum Gasteiger partial charge on any atom is -0.396 e. The Morgan fingerprint density at radius 1 is 1.40 bits per heavy atom. The van der Waals surface area contributed by atoms with Crippen LogP contribution in [0.2, 0.25) is 0 Å².